The van der Waals surface area contributed by atoms with Gasteiger partial charge in [0.05, 0.1) is 13.2 Å². The van der Waals surface area contributed by atoms with Gasteiger partial charge in [-0.1, -0.05) is 5.16 Å². The molecule has 0 radical (unpaired) electrons. The summed E-state index contributed by atoms with van der Waals surface area (Å²) in [6, 6.07) is 1.92. The Balaban J connectivity index is 1.99. The highest BCUT2D eigenvalue weighted by Gasteiger charge is 2.28. The predicted molar refractivity (Wildman–Crippen MR) is 74.4 cm³/mol. The smallest absolute Gasteiger partial charge is 0.264 e. The first-order valence-corrected chi connectivity index (χ1v) is 6.88. The lowest BCUT2D eigenvalue weighted by Gasteiger charge is -2.30. The summed E-state index contributed by atoms with van der Waals surface area (Å²) in [6.45, 7) is 2.38. The van der Waals surface area contributed by atoms with Gasteiger partial charge in [0.15, 0.2) is 17.4 Å². The van der Waals surface area contributed by atoms with Crippen molar-refractivity contribution in [2.24, 2.45) is 0 Å². The third kappa shape index (κ3) is 2.55. The van der Waals surface area contributed by atoms with E-state index in [1.54, 1.807) is 0 Å². The van der Waals surface area contributed by atoms with Gasteiger partial charge in [0.1, 0.15) is 11.4 Å². The molecule has 8 heteroatoms. The number of halogens is 2. The number of nitrogens with zero attached hydrogens (tertiary/aromatic N) is 3. The third-order valence-electron chi connectivity index (χ3n) is 3.73. The monoisotopic (exact) mass is 310 g/mol. The second kappa shape index (κ2) is 5.98. The zero-order chi connectivity index (χ0) is 15.7. The fourth-order valence-electron chi connectivity index (χ4n) is 2.50. The molecule has 3 rings (SSSR count). The van der Waals surface area contributed by atoms with Gasteiger partial charge in [0.25, 0.3) is 5.89 Å². The summed E-state index contributed by atoms with van der Waals surface area (Å²) in [5.41, 5.74) is -0.160. The summed E-state index contributed by atoms with van der Waals surface area (Å²) in [6.07, 6.45) is 0. The van der Waals surface area contributed by atoms with E-state index in [0.29, 0.717) is 12.4 Å². The van der Waals surface area contributed by atoms with Crippen LogP contribution in [-0.4, -0.2) is 48.8 Å². The van der Waals surface area contributed by atoms with E-state index >= 15 is 0 Å². The summed E-state index contributed by atoms with van der Waals surface area (Å²) in [5.74, 6) is -1.28. The van der Waals surface area contributed by atoms with Crippen LogP contribution in [0.5, 0.6) is 5.75 Å². The van der Waals surface area contributed by atoms with Crippen LogP contribution in [0, 0.1) is 11.6 Å². The minimum atomic E-state index is -0.685. The molecule has 1 unspecified atom stereocenters. The Morgan fingerprint density at radius 2 is 2.14 bits per heavy atom. The van der Waals surface area contributed by atoms with Gasteiger partial charge in [-0.2, -0.15) is 4.98 Å². The quantitative estimate of drug-likeness (QED) is 0.929. The molecule has 6 nitrogen and oxygen atoms in total. The van der Waals surface area contributed by atoms with Crippen molar-refractivity contribution in [2.45, 2.75) is 6.04 Å². The topological polar surface area (TPSA) is 63.4 Å². The first-order chi connectivity index (χ1) is 10.6. The molecular weight excluding hydrogens is 294 g/mol. The van der Waals surface area contributed by atoms with Crippen LogP contribution in [0.4, 0.5) is 8.78 Å². The highest BCUT2D eigenvalue weighted by atomic mass is 19.1. The third-order valence-corrected chi connectivity index (χ3v) is 3.73. The molecule has 1 atom stereocenters. The van der Waals surface area contributed by atoms with Crippen LogP contribution in [0.1, 0.15) is 11.9 Å². The van der Waals surface area contributed by atoms with Gasteiger partial charge in [-0.25, -0.2) is 8.78 Å². The zero-order valence-corrected chi connectivity index (χ0v) is 12.3. The van der Waals surface area contributed by atoms with Gasteiger partial charge in [-0.05, 0) is 19.2 Å². The summed E-state index contributed by atoms with van der Waals surface area (Å²) in [7, 11) is 3.21. The fraction of sp³-hybridized carbons (Fsp3) is 0.429. The lowest BCUT2D eigenvalue weighted by molar-refractivity contribution is 0.190. The first kappa shape index (κ1) is 14.9. The molecule has 0 bridgehead atoms. The number of ether oxygens (including phenoxy) is 1. The number of hydrogen-bond donors (Lipinski definition) is 1. The minimum absolute atomic E-state index is 0.0751. The lowest BCUT2D eigenvalue weighted by Crippen LogP contribution is -2.44. The van der Waals surface area contributed by atoms with Gasteiger partial charge in [0, 0.05) is 19.6 Å². The van der Waals surface area contributed by atoms with Crippen LogP contribution in [0.3, 0.4) is 0 Å². The first-order valence-electron chi connectivity index (χ1n) is 6.88. The van der Waals surface area contributed by atoms with Crippen molar-refractivity contribution in [3.05, 3.63) is 29.6 Å². The van der Waals surface area contributed by atoms with Crippen LogP contribution in [0.2, 0.25) is 0 Å². The number of aromatic nitrogens is 2. The second-order valence-electron chi connectivity index (χ2n) is 5.10. The number of likely N-dealkylation sites (N-methyl/N-ethyl adjacent to an activating group) is 1. The average Bonchev–Trinajstić information content (AvgIpc) is 2.99. The molecule has 2 aromatic rings. The van der Waals surface area contributed by atoms with Crippen molar-refractivity contribution in [3.8, 4) is 17.2 Å². The summed E-state index contributed by atoms with van der Waals surface area (Å²) in [5, 5.41) is 7.13. The van der Waals surface area contributed by atoms with Crippen LogP contribution >= 0.6 is 0 Å². The maximum atomic E-state index is 14.0. The maximum Gasteiger partial charge on any atom is 0.264 e. The van der Waals surface area contributed by atoms with Crippen molar-refractivity contribution in [2.75, 3.05) is 33.8 Å². The number of hydrogen-bond acceptors (Lipinski definition) is 6. The molecule has 118 valence electrons. The summed E-state index contributed by atoms with van der Waals surface area (Å²) in [4.78, 5) is 6.29. The molecule has 1 aliphatic heterocycles. The van der Waals surface area contributed by atoms with Gasteiger partial charge in [-0.3, -0.25) is 4.90 Å². The molecule has 1 N–H and O–H groups in total. The van der Waals surface area contributed by atoms with Gasteiger partial charge in [0.2, 0.25) is 0 Å². The Hall–Kier alpha value is -2.06. The molecule has 0 saturated carbocycles. The Kier molecular flexibility index (Phi) is 4.04. The van der Waals surface area contributed by atoms with E-state index in [2.05, 4.69) is 20.4 Å². The van der Waals surface area contributed by atoms with Crippen molar-refractivity contribution >= 4 is 0 Å². The van der Waals surface area contributed by atoms with Crippen molar-refractivity contribution < 1.29 is 18.0 Å². The van der Waals surface area contributed by atoms with E-state index in [-0.39, 0.29) is 23.2 Å². The van der Waals surface area contributed by atoms with Gasteiger partial charge >= 0.3 is 0 Å². The molecule has 0 aliphatic carbocycles. The van der Waals surface area contributed by atoms with Crippen LogP contribution < -0.4 is 10.1 Å². The molecule has 0 spiro atoms. The number of benzene rings is 1. The van der Waals surface area contributed by atoms with E-state index < -0.39 is 11.6 Å². The maximum absolute atomic E-state index is 14.0. The van der Waals surface area contributed by atoms with E-state index in [0.717, 1.165) is 25.2 Å². The largest absolute Gasteiger partial charge is 0.493 e. The van der Waals surface area contributed by atoms with Crippen LogP contribution in [0.15, 0.2) is 16.7 Å². The number of piperazine rings is 1. The Labute approximate surface area is 126 Å². The predicted octanol–water partition coefficient (Wildman–Crippen LogP) is 1.60. The molecule has 1 saturated heterocycles. The number of rotatable bonds is 3. The standard InChI is InChI=1S/C14H16F2N4O2/c1-20-6-5-17-7-10(20)13-18-14(22-19-13)11-8(15)3-4-9(16)12(11)21-2/h3-4,10,17H,5-7H2,1-2H3. The van der Waals surface area contributed by atoms with Crippen molar-refractivity contribution in [1.29, 1.82) is 0 Å². The van der Waals surface area contributed by atoms with E-state index in [1.165, 1.54) is 7.11 Å². The Morgan fingerprint density at radius 1 is 1.36 bits per heavy atom. The molecule has 1 aliphatic rings. The highest BCUT2D eigenvalue weighted by molar-refractivity contribution is 5.63. The Morgan fingerprint density at radius 3 is 2.86 bits per heavy atom. The molecule has 1 aromatic heterocycles. The second-order valence-corrected chi connectivity index (χ2v) is 5.10. The van der Waals surface area contributed by atoms with Crippen LogP contribution in [-0.2, 0) is 0 Å². The van der Waals surface area contributed by atoms with Gasteiger partial charge < -0.3 is 14.6 Å². The molecule has 22 heavy (non-hydrogen) atoms. The van der Waals surface area contributed by atoms with Crippen LogP contribution in [0.25, 0.3) is 11.5 Å². The molecule has 0 amide bonds. The zero-order valence-electron chi connectivity index (χ0n) is 12.3. The van der Waals surface area contributed by atoms with E-state index in [9.17, 15) is 8.78 Å². The molecular formula is C14H16F2N4O2. The SMILES string of the molecule is COc1c(F)ccc(F)c1-c1nc(C2CNCCN2C)no1. The number of nitrogens with one attached hydrogen (secondary N) is 1. The summed E-state index contributed by atoms with van der Waals surface area (Å²) < 4.78 is 37.8. The summed E-state index contributed by atoms with van der Waals surface area (Å²) >= 11 is 0. The van der Waals surface area contributed by atoms with E-state index in [1.807, 2.05) is 7.05 Å². The lowest BCUT2D eigenvalue weighted by atomic mass is 10.1. The average molecular weight is 310 g/mol. The molecule has 1 aromatic carbocycles. The van der Waals surface area contributed by atoms with E-state index in [4.69, 9.17) is 9.26 Å². The molecule has 2 heterocycles. The minimum Gasteiger partial charge on any atom is -0.493 e. The van der Waals surface area contributed by atoms with Gasteiger partial charge in [-0.15, -0.1) is 0 Å². The highest BCUT2D eigenvalue weighted by Crippen LogP contribution is 2.34. The van der Waals surface area contributed by atoms with Crippen molar-refractivity contribution in [1.82, 2.24) is 20.4 Å². The number of methoxy groups -OCH3 is 1. The fourth-order valence-corrected chi connectivity index (χ4v) is 2.50. The molecule has 1 fully saturated rings. The Bertz CT molecular complexity index is 677. The normalized spacial score (nSPS) is 19.4. The van der Waals surface area contributed by atoms with Crippen molar-refractivity contribution in [3.63, 3.8) is 0 Å².